The molecule has 0 aromatic heterocycles. The summed E-state index contributed by atoms with van der Waals surface area (Å²) in [5, 5.41) is 0. The summed E-state index contributed by atoms with van der Waals surface area (Å²) < 4.78 is 87.9. The molecule has 0 aromatic carbocycles. The lowest BCUT2D eigenvalue weighted by Gasteiger charge is -2.34. The molecule has 0 radical (unpaired) electrons. The molecule has 0 N–H and O–H groups in total. The second kappa shape index (κ2) is 4.31. The van der Waals surface area contributed by atoms with Crippen molar-refractivity contribution in [3.8, 4) is 0 Å². The van der Waals surface area contributed by atoms with Gasteiger partial charge in [0, 0.05) is 5.92 Å². The zero-order valence-corrected chi connectivity index (χ0v) is 9.13. The molecule has 1 aliphatic carbocycles. The van der Waals surface area contributed by atoms with E-state index in [0.29, 0.717) is 6.42 Å². The molecule has 0 saturated heterocycles. The van der Waals surface area contributed by atoms with E-state index >= 15 is 0 Å². The summed E-state index contributed by atoms with van der Waals surface area (Å²) in [4.78, 5) is 0. The van der Waals surface area contributed by atoms with Crippen LogP contribution in [0.3, 0.4) is 0 Å². The second-order valence-corrected chi connectivity index (χ2v) is 4.49. The minimum atomic E-state index is -5.90. The van der Waals surface area contributed by atoms with Crippen LogP contribution in [0.15, 0.2) is 0 Å². The Balaban J connectivity index is 3.02. The van der Waals surface area contributed by atoms with Gasteiger partial charge in [-0.15, -0.1) is 0 Å². The Labute approximate surface area is 94.2 Å². The normalized spacial score (nSPS) is 27.5. The van der Waals surface area contributed by atoms with Crippen LogP contribution in [0, 0.1) is 11.8 Å². The summed E-state index contributed by atoms with van der Waals surface area (Å²) >= 11 is 0. The maximum atomic E-state index is 13.6. The first-order valence-electron chi connectivity index (χ1n) is 5.36. The third kappa shape index (κ3) is 2.38. The van der Waals surface area contributed by atoms with Crippen LogP contribution in [0.25, 0.3) is 0 Å². The average molecular weight is 266 g/mol. The standard InChI is InChI=1S/C10H13F7/c1-2-6-3-4-7(5-6)8(11,9(12,13)14)10(15,16)17/h6-7H,2-5H2,1H3. The molecule has 0 spiro atoms. The average Bonchev–Trinajstić information content (AvgIpc) is 2.61. The molecule has 0 aromatic rings. The summed E-state index contributed by atoms with van der Waals surface area (Å²) in [6.07, 6.45) is -11.8. The zero-order valence-electron chi connectivity index (χ0n) is 9.13. The van der Waals surface area contributed by atoms with Crippen LogP contribution in [0.5, 0.6) is 0 Å². The Morgan fingerprint density at radius 3 is 1.65 bits per heavy atom. The summed E-state index contributed by atoms with van der Waals surface area (Å²) in [7, 11) is 0. The van der Waals surface area contributed by atoms with Crippen LogP contribution in [-0.2, 0) is 0 Å². The van der Waals surface area contributed by atoms with Gasteiger partial charge in [0.2, 0.25) is 0 Å². The van der Waals surface area contributed by atoms with E-state index in [4.69, 9.17) is 0 Å². The highest BCUT2D eigenvalue weighted by atomic mass is 19.4. The van der Waals surface area contributed by atoms with Crippen molar-refractivity contribution < 1.29 is 30.7 Å². The highest BCUT2D eigenvalue weighted by Crippen LogP contribution is 2.56. The summed E-state index contributed by atoms with van der Waals surface area (Å²) in [6, 6.07) is 0. The molecule has 2 atom stereocenters. The van der Waals surface area contributed by atoms with Crippen LogP contribution in [0.1, 0.15) is 32.6 Å². The minimum absolute atomic E-state index is 0.221. The summed E-state index contributed by atoms with van der Waals surface area (Å²) in [5.74, 6) is -2.26. The van der Waals surface area contributed by atoms with Gasteiger partial charge in [0.25, 0.3) is 0 Å². The molecule has 0 aliphatic heterocycles. The molecule has 1 saturated carbocycles. The van der Waals surface area contributed by atoms with Crippen molar-refractivity contribution in [2.24, 2.45) is 11.8 Å². The van der Waals surface area contributed by atoms with E-state index in [1.165, 1.54) is 0 Å². The molecule has 1 aliphatic rings. The number of rotatable bonds is 2. The van der Waals surface area contributed by atoms with Gasteiger partial charge in [-0.3, -0.25) is 0 Å². The van der Waals surface area contributed by atoms with Crippen molar-refractivity contribution in [3.63, 3.8) is 0 Å². The Morgan fingerprint density at radius 1 is 0.882 bits per heavy atom. The second-order valence-electron chi connectivity index (χ2n) is 4.49. The molecule has 0 nitrogen and oxygen atoms in total. The predicted octanol–water partition coefficient (Wildman–Crippen LogP) is 4.65. The maximum Gasteiger partial charge on any atom is 0.431 e. The highest BCUT2D eigenvalue weighted by Gasteiger charge is 2.75. The van der Waals surface area contributed by atoms with E-state index < -0.39 is 23.9 Å². The van der Waals surface area contributed by atoms with Crippen molar-refractivity contribution in [2.75, 3.05) is 0 Å². The van der Waals surface area contributed by atoms with Crippen LogP contribution >= 0.6 is 0 Å². The fourth-order valence-corrected chi connectivity index (χ4v) is 2.43. The van der Waals surface area contributed by atoms with Gasteiger partial charge in [-0.1, -0.05) is 19.8 Å². The molecule has 0 amide bonds. The van der Waals surface area contributed by atoms with Crippen LogP contribution in [0.4, 0.5) is 30.7 Å². The molecular weight excluding hydrogens is 253 g/mol. The first kappa shape index (κ1) is 14.6. The molecule has 102 valence electrons. The summed E-state index contributed by atoms with van der Waals surface area (Å²) in [5.41, 5.74) is -5.07. The van der Waals surface area contributed by atoms with Gasteiger partial charge < -0.3 is 0 Å². The van der Waals surface area contributed by atoms with E-state index in [9.17, 15) is 30.7 Å². The fourth-order valence-electron chi connectivity index (χ4n) is 2.43. The molecule has 0 bridgehead atoms. The van der Waals surface area contributed by atoms with Crippen molar-refractivity contribution in [1.82, 2.24) is 0 Å². The third-order valence-electron chi connectivity index (χ3n) is 3.51. The Hall–Kier alpha value is -0.490. The molecule has 17 heavy (non-hydrogen) atoms. The Morgan fingerprint density at radius 2 is 1.35 bits per heavy atom. The van der Waals surface area contributed by atoms with Gasteiger partial charge >= 0.3 is 18.0 Å². The quantitative estimate of drug-likeness (QED) is 0.638. The highest BCUT2D eigenvalue weighted by molar-refractivity contribution is 5.02. The summed E-state index contributed by atoms with van der Waals surface area (Å²) in [6.45, 7) is 1.67. The molecule has 7 heteroatoms. The number of hydrogen-bond acceptors (Lipinski definition) is 0. The van der Waals surface area contributed by atoms with Crippen molar-refractivity contribution >= 4 is 0 Å². The predicted molar refractivity (Wildman–Crippen MR) is 47.1 cm³/mol. The number of hydrogen-bond donors (Lipinski definition) is 0. The third-order valence-corrected chi connectivity index (χ3v) is 3.51. The van der Waals surface area contributed by atoms with E-state index in [1.54, 1.807) is 6.92 Å². The van der Waals surface area contributed by atoms with E-state index in [1.807, 2.05) is 0 Å². The smallest absolute Gasteiger partial charge is 0.223 e. The minimum Gasteiger partial charge on any atom is -0.223 e. The zero-order chi connectivity index (χ0) is 13.5. The van der Waals surface area contributed by atoms with Crippen LogP contribution in [0.2, 0.25) is 0 Å². The Bertz CT molecular complexity index is 251. The lowest BCUT2D eigenvalue weighted by Crippen LogP contribution is -2.57. The van der Waals surface area contributed by atoms with Crippen LogP contribution in [-0.4, -0.2) is 18.0 Å². The first-order chi connectivity index (χ1) is 7.54. The number of halogens is 7. The fraction of sp³-hybridized carbons (Fsp3) is 1.00. The topological polar surface area (TPSA) is 0 Å². The maximum absolute atomic E-state index is 13.6. The molecular formula is C10H13F7. The van der Waals surface area contributed by atoms with Crippen LogP contribution < -0.4 is 0 Å². The molecule has 1 fully saturated rings. The lowest BCUT2D eigenvalue weighted by molar-refractivity contribution is -0.357. The largest absolute Gasteiger partial charge is 0.431 e. The molecule has 2 unspecified atom stereocenters. The van der Waals surface area contributed by atoms with Gasteiger partial charge in [0.15, 0.2) is 0 Å². The van der Waals surface area contributed by atoms with E-state index in [0.717, 1.165) is 0 Å². The van der Waals surface area contributed by atoms with Crippen molar-refractivity contribution in [3.05, 3.63) is 0 Å². The molecule has 1 rings (SSSR count). The van der Waals surface area contributed by atoms with Gasteiger partial charge in [0.1, 0.15) is 0 Å². The first-order valence-corrected chi connectivity index (χ1v) is 5.36. The lowest BCUT2D eigenvalue weighted by atomic mass is 9.85. The number of alkyl halides is 7. The van der Waals surface area contributed by atoms with E-state index in [-0.39, 0.29) is 25.2 Å². The van der Waals surface area contributed by atoms with Gasteiger partial charge in [-0.2, -0.15) is 26.3 Å². The van der Waals surface area contributed by atoms with Crippen molar-refractivity contribution in [1.29, 1.82) is 0 Å². The van der Waals surface area contributed by atoms with Gasteiger partial charge in [-0.25, -0.2) is 4.39 Å². The van der Waals surface area contributed by atoms with E-state index in [2.05, 4.69) is 0 Å². The van der Waals surface area contributed by atoms with Gasteiger partial charge in [-0.05, 0) is 18.8 Å². The molecule has 0 heterocycles. The SMILES string of the molecule is CCC1CCC(C(F)(C(F)(F)F)C(F)(F)F)C1. The van der Waals surface area contributed by atoms with Crippen molar-refractivity contribution in [2.45, 2.75) is 50.6 Å². The van der Waals surface area contributed by atoms with Gasteiger partial charge in [0.05, 0.1) is 0 Å². The Kier molecular flexibility index (Phi) is 3.70. The monoisotopic (exact) mass is 266 g/mol.